The van der Waals surface area contributed by atoms with Crippen molar-refractivity contribution in [1.82, 2.24) is 5.32 Å². The predicted octanol–water partition coefficient (Wildman–Crippen LogP) is 3.59. The Morgan fingerprint density at radius 3 is 2.18 bits per heavy atom. The van der Waals surface area contributed by atoms with E-state index in [2.05, 4.69) is 62.4 Å². The number of hydrogen-bond acceptors (Lipinski definition) is 2. The molecule has 0 aliphatic heterocycles. The van der Waals surface area contributed by atoms with Gasteiger partial charge in [0.25, 0.3) is 0 Å². The van der Waals surface area contributed by atoms with Gasteiger partial charge < -0.3 is 10.2 Å². The number of benzene rings is 1. The third-order valence-corrected chi connectivity index (χ3v) is 3.03. The second-order valence-corrected chi connectivity index (χ2v) is 4.78. The van der Waals surface area contributed by atoms with Crippen LogP contribution in [-0.4, -0.2) is 20.6 Å². The number of nitrogens with zero attached hydrogens (tertiary/aromatic N) is 1. The van der Waals surface area contributed by atoms with Gasteiger partial charge in [0.15, 0.2) is 0 Å². The van der Waals surface area contributed by atoms with Crippen LogP contribution in [0.15, 0.2) is 24.3 Å². The molecule has 96 valence electrons. The molecule has 0 radical (unpaired) electrons. The van der Waals surface area contributed by atoms with Gasteiger partial charge in [-0.15, -0.1) is 0 Å². The predicted molar refractivity (Wildman–Crippen MR) is 76.7 cm³/mol. The SMILES string of the molecule is CCCNC(CCC)c1ccc(N(C)C)cc1. The van der Waals surface area contributed by atoms with Gasteiger partial charge in [-0.25, -0.2) is 0 Å². The Morgan fingerprint density at radius 1 is 1.06 bits per heavy atom. The monoisotopic (exact) mass is 234 g/mol. The third-order valence-electron chi connectivity index (χ3n) is 3.03. The van der Waals surface area contributed by atoms with Crippen LogP contribution in [0.2, 0.25) is 0 Å². The van der Waals surface area contributed by atoms with Crippen molar-refractivity contribution in [2.75, 3.05) is 25.5 Å². The normalized spacial score (nSPS) is 12.5. The average molecular weight is 234 g/mol. The van der Waals surface area contributed by atoms with Crippen molar-refractivity contribution in [1.29, 1.82) is 0 Å². The maximum atomic E-state index is 3.62. The quantitative estimate of drug-likeness (QED) is 0.775. The molecule has 0 aliphatic carbocycles. The van der Waals surface area contributed by atoms with E-state index in [1.54, 1.807) is 0 Å². The lowest BCUT2D eigenvalue weighted by Crippen LogP contribution is -2.22. The van der Waals surface area contributed by atoms with Crippen LogP contribution in [0.4, 0.5) is 5.69 Å². The minimum absolute atomic E-state index is 0.510. The molecule has 2 nitrogen and oxygen atoms in total. The van der Waals surface area contributed by atoms with Crippen molar-refractivity contribution in [2.45, 2.75) is 39.2 Å². The Hall–Kier alpha value is -1.02. The Balaban J connectivity index is 2.72. The van der Waals surface area contributed by atoms with Gasteiger partial charge in [-0.3, -0.25) is 0 Å². The first-order valence-corrected chi connectivity index (χ1v) is 6.69. The second-order valence-electron chi connectivity index (χ2n) is 4.78. The third kappa shape index (κ3) is 4.39. The van der Waals surface area contributed by atoms with E-state index in [4.69, 9.17) is 0 Å². The zero-order chi connectivity index (χ0) is 12.7. The molecule has 1 aromatic carbocycles. The van der Waals surface area contributed by atoms with Gasteiger partial charge >= 0.3 is 0 Å². The number of anilines is 1. The molecule has 1 N–H and O–H groups in total. The fraction of sp³-hybridized carbons (Fsp3) is 0.600. The van der Waals surface area contributed by atoms with Crippen molar-refractivity contribution in [3.8, 4) is 0 Å². The summed E-state index contributed by atoms with van der Waals surface area (Å²) in [6.07, 6.45) is 3.62. The summed E-state index contributed by atoms with van der Waals surface area (Å²) in [5.41, 5.74) is 2.67. The zero-order valence-corrected chi connectivity index (χ0v) is 11.7. The van der Waals surface area contributed by atoms with Crippen molar-refractivity contribution in [3.63, 3.8) is 0 Å². The maximum Gasteiger partial charge on any atom is 0.0361 e. The van der Waals surface area contributed by atoms with Crippen LogP contribution in [0.25, 0.3) is 0 Å². The molecular weight excluding hydrogens is 208 g/mol. The maximum absolute atomic E-state index is 3.62. The molecule has 0 saturated heterocycles. The van der Waals surface area contributed by atoms with Crippen LogP contribution in [-0.2, 0) is 0 Å². The molecule has 17 heavy (non-hydrogen) atoms. The molecule has 0 saturated carbocycles. The molecule has 0 fully saturated rings. The Bertz CT molecular complexity index is 303. The van der Waals surface area contributed by atoms with E-state index >= 15 is 0 Å². The van der Waals surface area contributed by atoms with Crippen LogP contribution in [0.1, 0.15) is 44.7 Å². The lowest BCUT2D eigenvalue weighted by Gasteiger charge is -2.20. The van der Waals surface area contributed by atoms with E-state index in [0.717, 1.165) is 6.54 Å². The van der Waals surface area contributed by atoms with Gasteiger partial charge in [0.2, 0.25) is 0 Å². The summed E-state index contributed by atoms with van der Waals surface area (Å²) < 4.78 is 0. The summed E-state index contributed by atoms with van der Waals surface area (Å²) in [6, 6.07) is 9.41. The molecule has 0 amide bonds. The molecule has 1 aromatic rings. The highest BCUT2D eigenvalue weighted by Crippen LogP contribution is 2.21. The molecular formula is C15H26N2. The van der Waals surface area contributed by atoms with E-state index in [1.165, 1.54) is 30.5 Å². The number of rotatable bonds is 7. The van der Waals surface area contributed by atoms with Gasteiger partial charge in [0.1, 0.15) is 0 Å². The molecule has 0 aromatic heterocycles. The van der Waals surface area contributed by atoms with Crippen LogP contribution in [0.5, 0.6) is 0 Å². The summed E-state index contributed by atoms with van der Waals surface area (Å²) in [5.74, 6) is 0. The van der Waals surface area contributed by atoms with E-state index in [-0.39, 0.29) is 0 Å². The molecule has 0 aliphatic rings. The summed E-state index contributed by atoms with van der Waals surface area (Å²) in [5, 5.41) is 3.62. The highest BCUT2D eigenvalue weighted by Gasteiger charge is 2.09. The van der Waals surface area contributed by atoms with Gasteiger partial charge in [-0.2, -0.15) is 0 Å². The van der Waals surface area contributed by atoms with Crippen molar-refractivity contribution >= 4 is 5.69 Å². The lowest BCUT2D eigenvalue weighted by atomic mass is 10.0. The van der Waals surface area contributed by atoms with Gasteiger partial charge in [-0.1, -0.05) is 32.4 Å². The Labute approximate surface area is 106 Å². The second kappa shape index (κ2) is 7.33. The average Bonchev–Trinajstić information content (AvgIpc) is 2.34. The first-order chi connectivity index (χ1) is 8.19. The minimum Gasteiger partial charge on any atom is -0.378 e. The van der Waals surface area contributed by atoms with Gasteiger partial charge in [0.05, 0.1) is 0 Å². The van der Waals surface area contributed by atoms with Crippen molar-refractivity contribution in [3.05, 3.63) is 29.8 Å². The first kappa shape index (κ1) is 14.0. The van der Waals surface area contributed by atoms with Crippen molar-refractivity contribution < 1.29 is 0 Å². The molecule has 1 rings (SSSR count). The largest absolute Gasteiger partial charge is 0.378 e. The lowest BCUT2D eigenvalue weighted by molar-refractivity contribution is 0.494. The molecule has 2 heteroatoms. The molecule has 0 heterocycles. The Kier molecular flexibility index (Phi) is 6.06. The highest BCUT2D eigenvalue weighted by atomic mass is 15.1. The van der Waals surface area contributed by atoms with Gasteiger partial charge in [-0.05, 0) is 37.1 Å². The topological polar surface area (TPSA) is 15.3 Å². The molecule has 0 bridgehead atoms. The van der Waals surface area contributed by atoms with E-state index in [0.29, 0.717) is 6.04 Å². The van der Waals surface area contributed by atoms with E-state index in [9.17, 15) is 0 Å². The fourth-order valence-electron chi connectivity index (χ4n) is 2.00. The van der Waals surface area contributed by atoms with Crippen LogP contribution >= 0.6 is 0 Å². The Morgan fingerprint density at radius 2 is 1.71 bits per heavy atom. The van der Waals surface area contributed by atoms with Crippen LogP contribution < -0.4 is 10.2 Å². The fourth-order valence-corrected chi connectivity index (χ4v) is 2.00. The highest BCUT2D eigenvalue weighted by molar-refractivity contribution is 5.46. The molecule has 1 atom stereocenters. The van der Waals surface area contributed by atoms with Crippen LogP contribution in [0.3, 0.4) is 0 Å². The van der Waals surface area contributed by atoms with E-state index in [1.807, 2.05) is 0 Å². The number of hydrogen-bond donors (Lipinski definition) is 1. The van der Waals surface area contributed by atoms with E-state index < -0.39 is 0 Å². The summed E-state index contributed by atoms with van der Waals surface area (Å²) in [4.78, 5) is 2.14. The van der Waals surface area contributed by atoms with Crippen LogP contribution in [0, 0.1) is 0 Å². The summed E-state index contributed by atoms with van der Waals surface area (Å²) in [6.45, 7) is 5.56. The summed E-state index contributed by atoms with van der Waals surface area (Å²) in [7, 11) is 4.15. The van der Waals surface area contributed by atoms with Gasteiger partial charge in [0, 0.05) is 25.8 Å². The standard InChI is InChI=1S/C15H26N2/c1-5-7-15(16-12-6-2)13-8-10-14(11-9-13)17(3)4/h8-11,15-16H,5-7,12H2,1-4H3. The molecule has 0 spiro atoms. The summed E-state index contributed by atoms with van der Waals surface area (Å²) >= 11 is 0. The smallest absolute Gasteiger partial charge is 0.0361 e. The minimum atomic E-state index is 0.510. The van der Waals surface area contributed by atoms with Crippen molar-refractivity contribution in [2.24, 2.45) is 0 Å². The first-order valence-electron chi connectivity index (χ1n) is 6.69. The number of nitrogens with one attached hydrogen (secondary N) is 1. The zero-order valence-electron chi connectivity index (χ0n) is 11.7. The molecule has 1 unspecified atom stereocenters.